The van der Waals surface area contributed by atoms with E-state index in [1.807, 2.05) is 0 Å². The third-order valence-corrected chi connectivity index (χ3v) is 4.87. The smallest absolute Gasteiger partial charge is 0.244 e. The van der Waals surface area contributed by atoms with Crippen LogP contribution in [0, 0.1) is 5.92 Å². The molecule has 1 aromatic heterocycles. The SMILES string of the molecule is CNCc1cc(S(=O)(=O)NCCCOCC(C)C)c(Br)o1. The highest BCUT2D eigenvalue weighted by molar-refractivity contribution is 9.10. The van der Waals surface area contributed by atoms with Gasteiger partial charge in [-0.05, 0) is 35.3 Å². The lowest BCUT2D eigenvalue weighted by molar-refractivity contribution is 0.108. The number of sulfonamides is 1. The maximum Gasteiger partial charge on any atom is 0.244 e. The number of halogens is 1. The fraction of sp³-hybridized carbons (Fsp3) is 0.692. The van der Waals surface area contributed by atoms with Crippen LogP contribution >= 0.6 is 15.9 Å². The van der Waals surface area contributed by atoms with E-state index in [0.29, 0.717) is 44.4 Å². The second kappa shape index (κ2) is 8.89. The van der Waals surface area contributed by atoms with E-state index in [4.69, 9.17) is 9.15 Å². The van der Waals surface area contributed by atoms with Crippen molar-refractivity contribution in [2.45, 2.75) is 31.7 Å². The van der Waals surface area contributed by atoms with Crippen LogP contribution in [0.15, 0.2) is 20.0 Å². The molecule has 0 saturated heterocycles. The first-order valence-electron chi connectivity index (χ1n) is 6.87. The van der Waals surface area contributed by atoms with Gasteiger partial charge in [-0.25, -0.2) is 13.1 Å². The fourth-order valence-electron chi connectivity index (χ4n) is 1.62. The first-order valence-corrected chi connectivity index (χ1v) is 9.14. The van der Waals surface area contributed by atoms with E-state index in [-0.39, 0.29) is 9.56 Å². The molecule has 0 unspecified atom stereocenters. The molecule has 8 heteroatoms. The number of nitrogens with one attached hydrogen (secondary N) is 2. The average molecular weight is 383 g/mol. The minimum absolute atomic E-state index is 0.121. The Morgan fingerprint density at radius 1 is 1.43 bits per heavy atom. The third kappa shape index (κ3) is 6.48. The highest BCUT2D eigenvalue weighted by Gasteiger charge is 2.21. The summed E-state index contributed by atoms with van der Waals surface area (Å²) in [5, 5.41) is 2.91. The zero-order valence-corrected chi connectivity index (χ0v) is 15.0. The Labute approximate surface area is 134 Å². The normalized spacial score (nSPS) is 12.2. The summed E-state index contributed by atoms with van der Waals surface area (Å²) in [6.07, 6.45) is 0.630. The van der Waals surface area contributed by atoms with Gasteiger partial charge < -0.3 is 14.5 Å². The third-order valence-electron chi connectivity index (χ3n) is 2.56. The fourth-order valence-corrected chi connectivity index (χ4v) is 3.69. The summed E-state index contributed by atoms with van der Waals surface area (Å²) in [6, 6.07) is 1.51. The lowest BCUT2D eigenvalue weighted by Gasteiger charge is -2.07. The van der Waals surface area contributed by atoms with Crippen molar-refractivity contribution in [3.05, 3.63) is 16.5 Å². The van der Waals surface area contributed by atoms with Crippen LogP contribution in [0.1, 0.15) is 26.0 Å². The zero-order valence-electron chi connectivity index (χ0n) is 12.6. The van der Waals surface area contributed by atoms with Crippen molar-refractivity contribution in [2.24, 2.45) is 5.92 Å². The minimum Gasteiger partial charge on any atom is -0.452 e. The van der Waals surface area contributed by atoms with Gasteiger partial charge in [0.25, 0.3) is 0 Å². The molecule has 0 radical (unpaired) electrons. The predicted molar refractivity (Wildman–Crippen MR) is 84.6 cm³/mol. The van der Waals surface area contributed by atoms with Crippen molar-refractivity contribution in [3.63, 3.8) is 0 Å². The molecule has 1 aromatic rings. The van der Waals surface area contributed by atoms with Crippen LogP contribution in [-0.2, 0) is 21.3 Å². The summed E-state index contributed by atoms with van der Waals surface area (Å²) in [5.74, 6) is 1.04. The van der Waals surface area contributed by atoms with E-state index in [9.17, 15) is 8.42 Å². The van der Waals surface area contributed by atoms with Crippen LogP contribution in [0.2, 0.25) is 0 Å². The van der Waals surface area contributed by atoms with E-state index in [1.54, 1.807) is 7.05 Å². The van der Waals surface area contributed by atoms with E-state index in [1.165, 1.54) is 6.07 Å². The number of ether oxygens (including phenoxy) is 1. The highest BCUT2D eigenvalue weighted by Crippen LogP contribution is 2.25. The summed E-state index contributed by atoms with van der Waals surface area (Å²) in [6.45, 7) is 6.17. The number of hydrogen-bond acceptors (Lipinski definition) is 5. The van der Waals surface area contributed by atoms with Crippen molar-refractivity contribution in [2.75, 3.05) is 26.8 Å². The Hall–Kier alpha value is -0.410. The Morgan fingerprint density at radius 3 is 2.76 bits per heavy atom. The lowest BCUT2D eigenvalue weighted by Crippen LogP contribution is -2.25. The van der Waals surface area contributed by atoms with Crippen molar-refractivity contribution < 1.29 is 17.6 Å². The molecular weight excluding hydrogens is 360 g/mol. The largest absolute Gasteiger partial charge is 0.452 e. The van der Waals surface area contributed by atoms with Crippen LogP contribution < -0.4 is 10.0 Å². The molecule has 21 heavy (non-hydrogen) atoms. The van der Waals surface area contributed by atoms with Gasteiger partial charge in [0.1, 0.15) is 10.7 Å². The first-order chi connectivity index (χ1) is 9.86. The molecule has 6 nitrogen and oxygen atoms in total. The second-order valence-corrected chi connectivity index (χ2v) is 7.56. The lowest BCUT2D eigenvalue weighted by atomic mass is 10.2. The van der Waals surface area contributed by atoms with Gasteiger partial charge in [0.05, 0.1) is 6.54 Å². The molecule has 2 N–H and O–H groups in total. The van der Waals surface area contributed by atoms with Gasteiger partial charge in [-0.1, -0.05) is 13.8 Å². The van der Waals surface area contributed by atoms with Crippen LogP contribution in [0.4, 0.5) is 0 Å². The molecule has 0 spiro atoms. The van der Waals surface area contributed by atoms with Gasteiger partial charge >= 0.3 is 0 Å². The Bertz CT molecular complexity index is 528. The van der Waals surface area contributed by atoms with E-state index < -0.39 is 10.0 Å². The average Bonchev–Trinajstić information content (AvgIpc) is 2.75. The van der Waals surface area contributed by atoms with Gasteiger partial charge in [0.15, 0.2) is 4.67 Å². The zero-order chi connectivity index (χ0) is 15.9. The topological polar surface area (TPSA) is 80.6 Å². The monoisotopic (exact) mass is 382 g/mol. The molecule has 0 aromatic carbocycles. The molecule has 122 valence electrons. The summed E-state index contributed by atoms with van der Waals surface area (Å²) >= 11 is 3.13. The van der Waals surface area contributed by atoms with Crippen LogP contribution in [0.25, 0.3) is 0 Å². The molecule has 0 amide bonds. The molecule has 0 atom stereocenters. The van der Waals surface area contributed by atoms with Crippen LogP contribution in [0.3, 0.4) is 0 Å². The van der Waals surface area contributed by atoms with Gasteiger partial charge in [-0.15, -0.1) is 0 Å². The van der Waals surface area contributed by atoms with Gasteiger partial charge in [0.2, 0.25) is 10.0 Å². The number of furan rings is 1. The van der Waals surface area contributed by atoms with Crippen molar-refractivity contribution in [1.82, 2.24) is 10.0 Å². The number of hydrogen-bond donors (Lipinski definition) is 2. The van der Waals surface area contributed by atoms with E-state index in [2.05, 4.69) is 39.8 Å². The standard InChI is InChI=1S/C13H23BrN2O4S/c1-10(2)9-19-6-4-5-16-21(17,18)12-7-11(8-15-3)20-13(12)14/h7,10,15-16H,4-6,8-9H2,1-3H3. The molecule has 0 aliphatic rings. The molecule has 0 aliphatic carbocycles. The van der Waals surface area contributed by atoms with Gasteiger partial charge in [-0.2, -0.15) is 0 Å². The number of rotatable bonds is 10. The quantitative estimate of drug-likeness (QED) is 0.605. The molecule has 0 bridgehead atoms. The Morgan fingerprint density at radius 2 is 2.14 bits per heavy atom. The molecule has 0 saturated carbocycles. The Kier molecular flexibility index (Phi) is 7.89. The molecular formula is C13H23BrN2O4S. The predicted octanol–water partition coefficient (Wildman–Crippen LogP) is 2.10. The van der Waals surface area contributed by atoms with Crippen molar-refractivity contribution in [1.29, 1.82) is 0 Å². The van der Waals surface area contributed by atoms with E-state index in [0.717, 1.165) is 0 Å². The highest BCUT2D eigenvalue weighted by atomic mass is 79.9. The van der Waals surface area contributed by atoms with Gasteiger partial charge in [0, 0.05) is 25.8 Å². The van der Waals surface area contributed by atoms with Gasteiger partial charge in [-0.3, -0.25) is 0 Å². The van der Waals surface area contributed by atoms with Crippen molar-refractivity contribution >= 4 is 26.0 Å². The minimum atomic E-state index is -3.57. The molecule has 1 heterocycles. The molecule has 0 fully saturated rings. The van der Waals surface area contributed by atoms with Crippen molar-refractivity contribution in [3.8, 4) is 0 Å². The maximum absolute atomic E-state index is 12.1. The van der Waals surface area contributed by atoms with Crippen LogP contribution in [-0.4, -0.2) is 35.2 Å². The Balaban J connectivity index is 2.46. The van der Waals surface area contributed by atoms with Crippen LogP contribution in [0.5, 0.6) is 0 Å². The second-order valence-electron chi connectivity index (χ2n) is 5.10. The summed E-state index contributed by atoms with van der Waals surface area (Å²) in [5.41, 5.74) is 0. The first kappa shape index (κ1) is 18.6. The van der Waals surface area contributed by atoms with E-state index >= 15 is 0 Å². The molecule has 1 rings (SSSR count). The summed E-state index contributed by atoms with van der Waals surface area (Å²) in [4.78, 5) is 0.121. The summed E-state index contributed by atoms with van der Waals surface area (Å²) in [7, 11) is -1.80. The summed E-state index contributed by atoms with van der Waals surface area (Å²) < 4.78 is 37.8. The molecule has 0 aliphatic heterocycles. The maximum atomic E-state index is 12.1.